The van der Waals surface area contributed by atoms with Crippen molar-refractivity contribution in [1.29, 1.82) is 0 Å². The van der Waals surface area contributed by atoms with Crippen LogP contribution in [0.2, 0.25) is 0 Å². The highest BCUT2D eigenvalue weighted by Gasteiger charge is 2.09. The van der Waals surface area contributed by atoms with Gasteiger partial charge in [-0.1, -0.05) is 41.6 Å². The molecule has 6 nitrogen and oxygen atoms in total. The van der Waals surface area contributed by atoms with Crippen molar-refractivity contribution in [3.05, 3.63) is 78.1 Å². The maximum atomic E-state index is 4.27. The van der Waals surface area contributed by atoms with Gasteiger partial charge in [-0.2, -0.15) is 9.78 Å². The molecule has 0 N–H and O–H groups in total. The van der Waals surface area contributed by atoms with Crippen LogP contribution >= 0.6 is 11.8 Å². The van der Waals surface area contributed by atoms with Crippen molar-refractivity contribution in [2.75, 3.05) is 0 Å². The Morgan fingerprint density at radius 2 is 1.88 bits per heavy atom. The maximum absolute atomic E-state index is 4.27. The minimum atomic E-state index is 0.772. The van der Waals surface area contributed by atoms with Crippen LogP contribution in [-0.4, -0.2) is 30.0 Å². The lowest BCUT2D eigenvalue weighted by molar-refractivity contribution is 0.756. The lowest BCUT2D eigenvalue weighted by Crippen LogP contribution is -1.99. The normalized spacial score (nSPS) is 10.9. The number of thioether (sulfide) groups is 1. The van der Waals surface area contributed by atoms with E-state index in [2.05, 4.69) is 51.8 Å². The van der Waals surface area contributed by atoms with Gasteiger partial charge in [0.25, 0.3) is 0 Å². The van der Waals surface area contributed by atoms with E-state index in [0.717, 1.165) is 22.3 Å². The van der Waals surface area contributed by atoms with Crippen LogP contribution in [0.25, 0.3) is 11.4 Å². The summed E-state index contributed by atoms with van der Waals surface area (Å²) in [7, 11) is 0. The van der Waals surface area contributed by atoms with Crippen LogP contribution in [0, 0.1) is 6.92 Å². The lowest BCUT2D eigenvalue weighted by atomic mass is 10.2. The van der Waals surface area contributed by atoms with Gasteiger partial charge < -0.3 is 0 Å². The Morgan fingerprint density at radius 1 is 1.00 bits per heavy atom. The van der Waals surface area contributed by atoms with Crippen molar-refractivity contribution in [3.8, 4) is 11.4 Å². The number of aromatic nitrogens is 6. The smallest absolute Gasteiger partial charge is 0.214 e. The van der Waals surface area contributed by atoms with Gasteiger partial charge in [0.15, 0.2) is 0 Å². The van der Waals surface area contributed by atoms with E-state index in [1.165, 1.54) is 11.1 Å². The molecule has 0 aliphatic rings. The Hall–Kier alpha value is -2.93. The summed E-state index contributed by atoms with van der Waals surface area (Å²) in [6.07, 6.45) is 3.71. The van der Waals surface area contributed by atoms with Gasteiger partial charge >= 0.3 is 0 Å². The van der Waals surface area contributed by atoms with Crippen LogP contribution in [0.1, 0.15) is 11.1 Å². The molecule has 4 rings (SSSR count). The van der Waals surface area contributed by atoms with Crippen molar-refractivity contribution in [2.45, 2.75) is 17.8 Å². The van der Waals surface area contributed by atoms with Gasteiger partial charge in [-0.3, -0.25) is 0 Å². The molecule has 2 heterocycles. The third kappa shape index (κ3) is 3.46. The standard InChI is InChI=1S/C18H16N6S/c1-14-6-8-16(9-7-14)24-18(20-21-22-24)25-13-15-4-2-5-17(12-15)23-11-3-10-19-23/h2-12H,13H2,1H3. The molecule has 124 valence electrons. The van der Waals surface area contributed by atoms with Crippen molar-refractivity contribution < 1.29 is 0 Å². The SMILES string of the molecule is Cc1ccc(-n2nnnc2SCc2cccc(-n3cccn3)c2)cc1. The fraction of sp³-hybridized carbons (Fsp3) is 0.111. The zero-order valence-electron chi connectivity index (χ0n) is 13.6. The highest BCUT2D eigenvalue weighted by atomic mass is 32.2. The number of hydrogen-bond donors (Lipinski definition) is 0. The Balaban J connectivity index is 1.52. The zero-order valence-corrected chi connectivity index (χ0v) is 14.5. The number of hydrogen-bond acceptors (Lipinski definition) is 5. The molecule has 0 radical (unpaired) electrons. The second-order valence-electron chi connectivity index (χ2n) is 5.62. The molecule has 0 saturated carbocycles. The summed E-state index contributed by atoms with van der Waals surface area (Å²) in [5, 5.41) is 17.1. The third-order valence-corrected chi connectivity index (χ3v) is 4.76. The van der Waals surface area contributed by atoms with E-state index in [-0.39, 0.29) is 0 Å². The molecular weight excluding hydrogens is 332 g/mol. The highest BCUT2D eigenvalue weighted by molar-refractivity contribution is 7.98. The minimum absolute atomic E-state index is 0.772. The van der Waals surface area contributed by atoms with Gasteiger partial charge in [0.2, 0.25) is 5.16 Å². The quantitative estimate of drug-likeness (QED) is 0.517. The van der Waals surface area contributed by atoms with Gasteiger partial charge in [-0.15, -0.1) is 5.10 Å². The van der Waals surface area contributed by atoms with Crippen LogP contribution in [-0.2, 0) is 5.75 Å². The molecule has 25 heavy (non-hydrogen) atoms. The van der Waals surface area contributed by atoms with E-state index >= 15 is 0 Å². The van der Waals surface area contributed by atoms with Gasteiger partial charge in [-0.05, 0) is 53.2 Å². The summed E-state index contributed by atoms with van der Waals surface area (Å²) in [5.41, 5.74) is 4.41. The number of rotatable bonds is 5. The maximum Gasteiger partial charge on any atom is 0.214 e. The molecule has 0 aliphatic carbocycles. The topological polar surface area (TPSA) is 61.4 Å². The number of tetrazole rings is 1. The van der Waals surface area contributed by atoms with Gasteiger partial charge in [-0.25, -0.2) is 4.68 Å². The molecule has 2 aromatic carbocycles. The first-order valence-corrected chi connectivity index (χ1v) is 8.85. The number of nitrogens with zero attached hydrogens (tertiary/aromatic N) is 6. The lowest BCUT2D eigenvalue weighted by Gasteiger charge is -2.06. The Kier molecular flexibility index (Phi) is 4.30. The van der Waals surface area contributed by atoms with E-state index in [0.29, 0.717) is 0 Å². The Bertz CT molecular complexity index is 959. The van der Waals surface area contributed by atoms with Crippen molar-refractivity contribution >= 4 is 11.8 Å². The third-order valence-electron chi connectivity index (χ3n) is 3.77. The zero-order chi connectivity index (χ0) is 17.1. The summed E-state index contributed by atoms with van der Waals surface area (Å²) in [4.78, 5) is 0. The largest absolute Gasteiger partial charge is 0.241 e. The fourth-order valence-corrected chi connectivity index (χ4v) is 3.31. The van der Waals surface area contributed by atoms with E-state index in [1.807, 2.05) is 41.2 Å². The minimum Gasteiger partial charge on any atom is -0.241 e. The number of benzene rings is 2. The predicted octanol–water partition coefficient (Wildman–Crippen LogP) is 3.45. The fourth-order valence-electron chi connectivity index (χ4n) is 2.48. The van der Waals surface area contributed by atoms with Crippen molar-refractivity contribution in [3.63, 3.8) is 0 Å². The molecule has 7 heteroatoms. The van der Waals surface area contributed by atoms with Crippen LogP contribution in [0.4, 0.5) is 0 Å². The molecule has 0 unspecified atom stereocenters. The molecule has 0 fully saturated rings. The summed E-state index contributed by atoms with van der Waals surface area (Å²) in [6.45, 7) is 2.06. The molecule has 0 bridgehead atoms. The predicted molar refractivity (Wildman–Crippen MR) is 97.0 cm³/mol. The van der Waals surface area contributed by atoms with E-state index < -0.39 is 0 Å². The van der Waals surface area contributed by atoms with Gasteiger partial charge in [0, 0.05) is 18.1 Å². The monoisotopic (exact) mass is 348 g/mol. The molecule has 4 aromatic rings. The summed E-state index contributed by atoms with van der Waals surface area (Å²) in [5.74, 6) is 0.779. The second-order valence-corrected chi connectivity index (χ2v) is 6.56. The van der Waals surface area contributed by atoms with Crippen LogP contribution in [0.5, 0.6) is 0 Å². The molecule has 0 amide bonds. The van der Waals surface area contributed by atoms with Gasteiger partial charge in [0.1, 0.15) is 0 Å². The van der Waals surface area contributed by atoms with Crippen molar-refractivity contribution in [1.82, 2.24) is 30.0 Å². The Morgan fingerprint density at radius 3 is 2.68 bits per heavy atom. The number of aryl methyl sites for hydroxylation is 1. The average Bonchev–Trinajstić information content (AvgIpc) is 3.33. The molecule has 2 aromatic heterocycles. The van der Waals surface area contributed by atoms with E-state index in [9.17, 15) is 0 Å². The summed E-state index contributed by atoms with van der Waals surface area (Å²) in [6, 6.07) is 18.4. The van der Waals surface area contributed by atoms with Gasteiger partial charge in [0.05, 0.1) is 11.4 Å². The second kappa shape index (κ2) is 6.90. The van der Waals surface area contributed by atoms with E-state index in [1.54, 1.807) is 22.6 Å². The summed E-state index contributed by atoms with van der Waals surface area (Å²) < 4.78 is 3.62. The summed E-state index contributed by atoms with van der Waals surface area (Å²) >= 11 is 1.61. The molecule has 0 aliphatic heterocycles. The molecule has 0 spiro atoms. The molecular formula is C18H16N6S. The first-order chi connectivity index (χ1) is 12.3. The molecule has 0 saturated heterocycles. The van der Waals surface area contributed by atoms with Crippen LogP contribution < -0.4 is 0 Å². The first-order valence-electron chi connectivity index (χ1n) is 7.87. The van der Waals surface area contributed by atoms with Crippen LogP contribution in [0.15, 0.2) is 72.1 Å². The first kappa shape index (κ1) is 15.6. The van der Waals surface area contributed by atoms with E-state index in [4.69, 9.17) is 0 Å². The average molecular weight is 348 g/mol. The van der Waals surface area contributed by atoms with Crippen LogP contribution in [0.3, 0.4) is 0 Å². The molecule has 0 atom stereocenters. The van der Waals surface area contributed by atoms with Crippen molar-refractivity contribution in [2.24, 2.45) is 0 Å². The Labute approximate surface area is 149 Å². The highest BCUT2D eigenvalue weighted by Crippen LogP contribution is 2.23.